The summed E-state index contributed by atoms with van der Waals surface area (Å²) in [5, 5.41) is 3.49. The predicted molar refractivity (Wildman–Crippen MR) is 76.3 cm³/mol. The molecule has 0 saturated heterocycles. The highest BCUT2D eigenvalue weighted by Crippen LogP contribution is 2.25. The van der Waals surface area contributed by atoms with E-state index in [4.69, 9.17) is 4.74 Å². The Balaban J connectivity index is 2.75. The van der Waals surface area contributed by atoms with Crippen LogP contribution in [0.3, 0.4) is 0 Å². The van der Waals surface area contributed by atoms with Crippen LogP contribution in [0.15, 0.2) is 28.7 Å². The highest BCUT2D eigenvalue weighted by Gasteiger charge is 2.17. The van der Waals surface area contributed by atoms with Crippen molar-refractivity contribution in [2.24, 2.45) is 0 Å². The molecule has 0 saturated carbocycles. The van der Waals surface area contributed by atoms with Crippen molar-refractivity contribution < 1.29 is 4.74 Å². The Morgan fingerprint density at radius 3 is 2.47 bits per heavy atom. The van der Waals surface area contributed by atoms with Crippen molar-refractivity contribution in [2.75, 3.05) is 13.2 Å². The lowest BCUT2D eigenvalue weighted by Gasteiger charge is -2.26. The highest BCUT2D eigenvalue weighted by atomic mass is 79.9. The van der Waals surface area contributed by atoms with Gasteiger partial charge < -0.3 is 10.1 Å². The number of benzene rings is 1. The summed E-state index contributed by atoms with van der Waals surface area (Å²) >= 11 is 3.58. The van der Waals surface area contributed by atoms with Gasteiger partial charge in [0.15, 0.2) is 0 Å². The maximum atomic E-state index is 5.81. The second-order valence-electron chi connectivity index (χ2n) is 5.10. The van der Waals surface area contributed by atoms with E-state index < -0.39 is 0 Å². The van der Waals surface area contributed by atoms with Gasteiger partial charge in [0.1, 0.15) is 0 Å². The maximum Gasteiger partial charge on any atom is 0.0960 e. The smallest absolute Gasteiger partial charge is 0.0960 e. The largest absolute Gasteiger partial charge is 0.372 e. The van der Waals surface area contributed by atoms with Gasteiger partial charge in [-0.25, -0.2) is 0 Å². The quantitative estimate of drug-likeness (QED) is 0.890. The third-order valence-corrected chi connectivity index (χ3v) is 3.16. The van der Waals surface area contributed by atoms with Crippen LogP contribution in [0.5, 0.6) is 0 Å². The van der Waals surface area contributed by atoms with Crippen molar-refractivity contribution in [1.29, 1.82) is 0 Å². The topological polar surface area (TPSA) is 21.3 Å². The Hall–Kier alpha value is -0.380. The second kappa shape index (κ2) is 6.53. The summed E-state index contributed by atoms with van der Waals surface area (Å²) in [5.41, 5.74) is 1.31. The van der Waals surface area contributed by atoms with Gasteiger partial charge in [0, 0.05) is 23.2 Å². The molecular formula is C14H22BrNO. The van der Waals surface area contributed by atoms with Crippen molar-refractivity contribution in [2.45, 2.75) is 39.3 Å². The summed E-state index contributed by atoms with van der Waals surface area (Å²) in [5.74, 6) is 0. The summed E-state index contributed by atoms with van der Waals surface area (Å²) < 4.78 is 6.92. The van der Waals surface area contributed by atoms with Gasteiger partial charge >= 0.3 is 0 Å². The number of hydrogen-bond acceptors (Lipinski definition) is 2. The molecular weight excluding hydrogens is 278 g/mol. The third-order valence-electron chi connectivity index (χ3n) is 2.44. The normalized spacial score (nSPS) is 13.7. The molecule has 1 unspecified atom stereocenters. The molecule has 0 bridgehead atoms. The molecule has 0 heterocycles. The van der Waals surface area contributed by atoms with Gasteiger partial charge in [-0.2, -0.15) is 0 Å². The molecule has 0 spiro atoms. The highest BCUT2D eigenvalue weighted by molar-refractivity contribution is 9.10. The number of halogens is 1. The molecule has 96 valence electrons. The molecule has 0 aliphatic rings. The van der Waals surface area contributed by atoms with Crippen molar-refractivity contribution in [3.05, 3.63) is 34.3 Å². The van der Waals surface area contributed by atoms with Crippen LogP contribution in [0, 0.1) is 0 Å². The molecule has 0 amide bonds. The number of hydrogen-bond donors (Lipinski definition) is 1. The lowest BCUT2D eigenvalue weighted by atomic mass is 10.1. The minimum Gasteiger partial charge on any atom is -0.372 e. The van der Waals surface area contributed by atoms with E-state index in [1.165, 1.54) is 5.56 Å². The molecule has 1 aromatic rings. The molecule has 0 aliphatic carbocycles. The molecule has 1 rings (SSSR count). The van der Waals surface area contributed by atoms with Crippen LogP contribution in [0.1, 0.15) is 39.4 Å². The molecule has 2 nitrogen and oxygen atoms in total. The fourth-order valence-corrected chi connectivity index (χ4v) is 2.14. The minimum absolute atomic E-state index is 0.0924. The van der Waals surface area contributed by atoms with Crippen LogP contribution in [-0.4, -0.2) is 18.7 Å². The monoisotopic (exact) mass is 299 g/mol. The van der Waals surface area contributed by atoms with E-state index in [1.54, 1.807) is 0 Å². The lowest BCUT2D eigenvalue weighted by molar-refractivity contribution is 0.0572. The molecule has 0 aromatic heterocycles. The Morgan fingerprint density at radius 2 is 1.94 bits per heavy atom. The van der Waals surface area contributed by atoms with Gasteiger partial charge in [-0.3, -0.25) is 0 Å². The van der Waals surface area contributed by atoms with E-state index in [2.05, 4.69) is 54.2 Å². The number of ether oxygens (including phenoxy) is 1. The first-order chi connectivity index (χ1) is 7.94. The van der Waals surface area contributed by atoms with Crippen molar-refractivity contribution in [1.82, 2.24) is 5.32 Å². The van der Waals surface area contributed by atoms with Gasteiger partial charge in [-0.1, -0.05) is 34.1 Å². The fraction of sp³-hybridized carbons (Fsp3) is 0.571. The zero-order chi connectivity index (χ0) is 12.9. The molecule has 0 fully saturated rings. The molecule has 0 radical (unpaired) electrons. The first kappa shape index (κ1) is 14.7. The van der Waals surface area contributed by atoms with E-state index in [0.29, 0.717) is 0 Å². The summed E-state index contributed by atoms with van der Waals surface area (Å²) in [7, 11) is 0. The van der Waals surface area contributed by atoms with Crippen LogP contribution < -0.4 is 5.32 Å². The lowest BCUT2D eigenvalue weighted by Crippen LogP contribution is -2.39. The molecule has 0 aliphatic heterocycles. The van der Waals surface area contributed by atoms with Crippen molar-refractivity contribution in [3.8, 4) is 0 Å². The van der Waals surface area contributed by atoms with Gasteiger partial charge in [0.05, 0.1) is 6.10 Å². The first-order valence-electron chi connectivity index (χ1n) is 6.05. The Bertz CT molecular complexity index is 346. The van der Waals surface area contributed by atoms with E-state index in [9.17, 15) is 0 Å². The van der Waals surface area contributed by atoms with E-state index >= 15 is 0 Å². The SMILES string of the molecule is CCOC(CNC(C)(C)C)c1ccccc1Br. The molecule has 17 heavy (non-hydrogen) atoms. The summed E-state index contributed by atoms with van der Waals surface area (Å²) in [6.07, 6.45) is 0.0924. The van der Waals surface area contributed by atoms with Crippen molar-refractivity contribution >= 4 is 15.9 Å². The summed E-state index contributed by atoms with van der Waals surface area (Å²) in [4.78, 5) is 0. The van der Waals surface area contributed by atoms with E-state index in [-0.39, 0.29) is 11.6 Å². The number of rotatable bonds is 5. The van der Waals surface area contributed by atoms with E-state index in [1.807, 2.05) is 19.1 Å². The predicted octanol–water partition coefficient (Wildman–Crippen LogP) is 3.91. The van der Waals surface area contributed by atoms with Crippen LogP contribution >= 0.6 is 15.9 Å². The summed E-state index contributed by atoms with van der Waals surface area (Å²) in [6, 6.07) is 8.23. The minimum atomic E-state index is 0.0924. The number of nitrogens with one attached hydrogen (secondary N) is 1. The average Bonchev–Trinajstić information content (AvgIpc) is 2.24. The van der Waals surface area contributed by atoms with Gasteiger partial charge in [-0.15, -0.1) is 0 Å². The fourth-order valence-electron chi connectivity index (χ4n) is 1.59. The third kappa shape index (κ3) is 5.19. The summed E-state index contributed by atoms with van der Waals surface area (Å²) in [6.45, 7) is 10.1. The van der Waals surface area contributed by atoms with Gasteiger partial charge in [-0.05, 0) is 39.3 Å². The van der Waals surface area contributed by atoms with Gasteiger partial charge in [0.25, 0.3) is 0 Å². The Kier molecular flexibility index (Phi) is 5.63. The maximum absolute atomic E-state index is 5.81. The van der Waals surface area contributed by atoms with E-state index in [0.717, 1.165) is 17.6 Å². The van der Waals surface area contributed by atoms with Crippen LogP contribution in [0.25, 0.3) is 0 Å². The standard InChI is InChI=1S/C14H22BrNO/c1-5-17-13(10-16-14(2,3)4)11-8-6-7-9-12(11)15/h6-9,13,16H,5,10H2,1-4H3. The Morgan fingerprint density at radius 1 is 1.29 bits per heavy atom. The van der Waals surface area contributed by atoms with Gasteiger partial charge in [0.2, 0.25) is 0 Å². The zero-order valence-electron chi connectivity index (χ0n) is 11.1. The second-order valence-corrected chi connectivity index (χ2v) is 5.95. The van der Waals surface area contributed by atoms with Crippen LogP contribution in [0.2, 0.25) is 0 Å². The average molecular weight is 300 g/mol. The first-order valence-corrected chi connectivity index (χ1v) is 6.84. The molecule has 1 aromatic carbocycles. The van der Waals surface area contributed by atoms with Crippen molar-refractivity contribution in [3.63, 3.8) is 0 Å². The Labute approximate surface area is 113 Å². The molecule has 3 heteroatoms. The van der Waals surface area contributed by atoms with Crippen LogP contribution in [0.4, 0.5) is 0 Å². The zero-order valence-corrected chi connectivity index (χ0v) is 12.7. The molecule has 1 N–H and O–H groups in total. The molecule has 1 atom stereocenters. The van der Waals surface area contributed by atoms with Crippen LogP contribution in [-0.2, 0) is 4.74 Å².